The molecular weight excluding hydrogens is 421 g/mol. The van der Waals surface area contributed by atoms with Gasteiger partial charge in [0.15, 0.2) is 0 Å². The molecule has 0 radical (unpaired) electrons. The minimum atomic E-state index is -4.85. The molecule has 30 heavy (non-hydrogen) atoms. The molecule has 10 heteroatoms. The normalized spacial score (nSPS) is 16.0. The van der Waals surface area contributed by atoms with E-state index in [4.69, 9.17) is 0 Å². The van der Waals surface area contributed by atoms with Gasteiger partial charge in [-0.3, -0.25) is 4.79 Å². The van der Waals surface area contributed by atoms with E-state index < -0.39 is 22.1 Å². The first-order valence-electron chi connectivity index (χ1n) is 9.03. The summed E-state index contributed by atoms with van der Waals surface area (Å²) < 4.78 is 67.1. The van der Waals surface area contributed by atoms with Gasteiger partial charge in [-0.15, -0.1) is 13.2 Å². The average molecular weight is 440 g/mol. The number of hydrogen-bond acceptors (Lipinski definition) is 4. The summed E-state index contributed by atoms with van der Waals surface area (Å²) in [4.78, 5) is 13.7. The lowest BCUT2D eigenvalue weighted by molar-refractivity contribution is -0.274. The third-order valence-electron chi connectivity index (χ3n) is 4.46. The summed E-state index contributed by atoms with van der Waals surface area (Å²) in [5, 5.41) is 0. The average Bonchev–Trinajstić information content (AvgIpc) is 2.72. The number of ether oxygens (including phenoxy) is 1. The number of carbonyl (C=O) groups excluding carboxylic acids is 1. The summed E-state index contributed by atoms with van der Waals surface area (Å²) in [6, 6.07) is 13.3. The van der Waals surface area contributed by atoms with E-state index in [1.165, 1.54) is 10.4 Å². The Balaban J connectivity index is 1.59. The van der Waals surface area contributed by atoms with Crippen LogP contribution in [0.5, 0.6) is 5.75 Å². The fourth-order valence-corrected chi connectivity index (χ4v) is 4.37. The predicted molar refractivity (Wildman–Crippen MR) is 104 cm³/mol. The molecule has 2 aromatic rings. The van der Waals surface area contributed by atoms with Crippen molar-refractivity contribution in [3.05, 3.63) is 66.2 Å². The van der Waals surface area contributed by atoms with Gasteiger partial charge in [0, 0.05) is 32.3 Å². The largest absolute Gasteiger partial charge is 0.573 e. The highest BCUT2D eigenvalue weighted by Gasteiger charge is 2.32. The molecule has 3 rings (SSSR count). The van der Waals surface area contributed by atoms with Crippen molar-refractivity contribution in [2.24, 2.45) is 0 Å². The molecule has 6 nitrogen and oxygen atoms in total. The summed E-state index contributed by atoms with van der Waals surface area (Å²) in [5.74, 6) is -0.716. The zero-order valence-electron chi connectivity index (χ0n) is 15.7. The van der Waals surface area contributed by atoms with Crippen LogP contribution in [0.1, 0.15) is 5.56 Å². The molecule has 0 N–H and O–H groups in total. The van der Waals surface area contributed by atoms with Gasteiger partial charge in [-0.25, -0.2) is 8.42 Å². The number of piperazine rings is 1. The summed E-state index contributed by atoms with van der Waals surface area (Å²) in [6.45, 7) is 0.612. The highest BCUT2D eigenvalue weighted by Crippen LogP contribution is 2.25. The van der Waals surface area contributed by atoms with E-state index in [1.807, 2.05) is 30.3 Å². The smallest absolute Gasteiger partial charge is 0.406 e. The first kappa shape index (κ1) is 21.8. The van der Waals surface area contributed by atoms with Crippen LogP contribution in [-0.4, -0.2) is 56.1 Å². The summed E-state index contributed by atoms with van der Waals surface area (Å²) in [5.41, 5.74) is 0.880. The van der Waals surface area contributed by atoms with Crippen LogP contribution in [0, 0.1) is 0 Å². The van der Waals surface area contributed by atoms with E-state index in [9.17, 15) is 26.4 Å². The number of hydrogen-bond donors (Lipinski definition) is 0. The molecule has 1 heterocycles. The van der Waals surface area contributed by atoms with Gasteiger partial charge >= 0.3 is 6.36 Å². The zero-order valence-corrected chi connectivity index (χ0v) is 16.6. The van der Waals surface area contributed by atoms with Crippen molar-refractivity contribution in [2.45, 2.75) is 11.3 Å². The van der Waals surface area contributed by atoms with Crippen molar-refractivity contribution < 1.29 is 31.1 Å². The molecule has 1 aliphatic heterocycles. The molecule has 0 unspecified atom stereocenters. The Hall–Kier alpha value is -2.85. The third kappa shape index (κ3) is 5.61. The lowest BCUT2D eigenvalue weighted by atomic mass is 10.2. The van der Waals surface area contributed by atoms with Crippen molar-refractivity contribution in [1.82, 2.24) is 9.21 Å². The molecular formula is C20H19F3N2O4S. The van der Waals surface area contributed by atoms with Crippen molar-refractivity contribution in [3.63, 3.8) is 0 Å². The van der Waals surface area contributed by atoms with Crippen molar-refractivity contribution in [1.29, 1.82) is 0 Å². The minimum Gasteiger partial charge on any atom is -0.406 e. The number of benzene rings is 2. The van der Waals surface area contributed by atoms with Crippen molar-refractivity contribution in [2.75, 3.05) is 26.2 Å². The van der Waals surface area contributed by atoms with E-state index in [2.05, 4.69) is 4.74 Å². The molecule has 2 aromatic carbocycles. The van der Waals surface area contributed by atoms with Gasteiger partial charge in [-0.05, 0) is 35.9 Å². The van der Waals surface area contributed by atoms with E-state index >= 15 is 0 Å². The number of amides is 1. The van der Waals surface area contributed by atoms with Crippen LogP contribution in [0.3, 0.4) is 0 Å². The summed E-state index contributed by atoms with van der Waals surface area (Å²) in [6.07, 6.45) is -1.72. The first-order chi connectivity index (χ1) is 14.1. The Morgan fingerprint density at radius 2 is 1.53 bits per heavy atom. The lowest BCUT2D eigenvalue weighted by Crippen LogP contribution is -2.50. The number of nitrogens with zero attached hydrogens (tertiary/aromatic N) is 2. The Morgan fingerprint density at radius 1 is 0.933 bits per heavy atom. The molecule has 0 aliphatic carbocycles. The number of sulfonamides is 1. The minimum absolute atomic E-state index is 0.0913. The fraction of sp³-hybridized carbons (Fsp3) is 0.250. The molecule has 0 spiro atoms. The van der Waals surface area contributed by atoms with Crippen LogP contribution in [-0.2, 0) is 14.8 Å². The standard InChI is InChI=1S/C20H19F3N2O4S/c21-20(22,23)29-17-7-9-18(10-8-17)30(27,28)25-14-12-24(13-15-25)19(26)11-6-16-4-2-1-3-5-16/h1-11H,12-15H2/b11-6+. The Bertz CT molecular complexity index is 999. The molecule has 0 saturated carbocycles. The molecule has 1 aliphatic rings. The Morgan fingerprint density at radius 3 is 2.10 bits per heavy atom. The molecule has 0 bridgehead atoms. The number of alkyl halides is 3. The fourth-order valence-electron chi connectivity index (χ4n) is 2.95. The van der Waals surface area contributed by atoms with Gasteiger partial charge in [-0.2, -0.15) is 4.31 Å². The predicted octanol–water partition coefficient (Wildman–Crippen LogP) is 3.13. The van der Waals surface area contributed by atoms with E-state index in [1.54, 1.807) is 11.0 Å². The van der Waals surface area contributed by atoms with Crippen LogP contribution < -0.4 is 4.74 Å². The van der Waals surface area contributed by atoms with Gasteiger partial charge < -0.3 is 9.64 Å². The van der Waals surface area contributed by atoms with Crippen molar-refractivity contribution >= 4 is 22.0 Å². The lowest BCUT2D eigenvalue weighted by Gasteiger charge is -2.33. The van der Waals surface area contributed by atoms with Gasteiger partial charge in [-0.1, -0.05) is 30.3 Å². The van der Waals surface area contributed by atoms with E-state index in [-0.39, 0.29) is 37.0 Å². The van der Waals surface area contributed by atoms with Gasteiger partial charge in [0.2, 0.25) is 15.9 Å². The van der Waals surface area contributed by atoms with Gasteiger partial charge in [0.25, 0.3) is 0 Å². The second-order valence-corrected chi connectivity index (χ2v) is 8.43. The Labute approximate surface area is 172 Å². The Kier molecular flexibility index (Phi) is 6.47. The van der Waals surface area contributed by atoms with Crippen LogP contribution in [0.25, 0.3) is 6.08 Å². The van der Waals surface area contributed by atoms with E-state index in [0.717, 1.165) is 29.8 Å². The topological polar surface area (TPSA) is 66.9 Å². The number of rotatable bonds is 5. The van der Waals surface area contributed by atoms with Crippen LogP contribution in [0.4, 0.5) is 13.2 Å². The molecule has 1 amide bonds. The van der Waals surface area contributed by atoms with Gasteiger partial charge in [0.1, 0.15) is 5.75 Å². The quantitative estimate of drug-likeness (QED) is 0.670. The maximum atomic E-state index is 12.7. The second-order valence-electron chi connectivity index (χ2n) is 6.49. The summed E-state index contributed by atoms with van der Waals surface area (Å²) in [7, 11) is -3.89. The maximum Gasteiger partial charge on any atom is 0.573 e. The molecule has 0 aromatic heterocycles. The van der Waals surface area contributed by atoms with Crippen molar-refractivity contribution in [3.8, 4) is 5.75 Å². The second kappa shape index (κ2) is 8.88. The number of carbonyl (C=O) groups is 1. The summed E-state index contributed by atoms with van der Waals surface area (Å²) >= 11 is 0. The number of halogens is 3. The SMILES string of the molecule is O=C(/C=C/c1ccccc1)N1CCN(S(=O)(=O)c2ccc(OC(F)(F)F)cc2)CC1. The molecule has 0 atom stereocenters. The molecule has 160 valence electrons. The van der Waals surface area contributed by atoms with Gasteiger partial charge in [0.05, 0.1) is 4.90 Å². The first-order valence-corrected chi connectivity index (χ1v) is 10.5. The maximum absolute atomic E-state index is 12.7. The molecule has 1 fully saturated rings. The highest BCUT2D eigenvalue weighted by molar-refractivity contribution is 7.89. The molecule has 1 saturated heterocycles. The highest BCUT2D eigenvalue weighted by atomic mass is 32.2. The van der Waals surface area contributed by atoms with Crippen LogP contribution in [0.2, 0.25) is 0 Å². The van der Waals surface area contributed by atoms with Crippen LogP contribution in [0.15, 0.2) is 65.6 Å². The monoisotopic (exact) mass is 440 g/mol. The zero-order chi connectivity index (χ0) is 21.8. The van der Waals surface area contributed by atoms with E-state index in [0.29, 0.717) is 0 Å². The van der Waals surface area contributed by atoms with Crippen LogP contribution >= 0.6 is 0 Å². The third-order valence-corrected chi connectivity index (χ3v) is 6.38.